The van der Waals surface area contributed by atoms with Gasteiger partial charge < -0.3 is 15.5 Å². The first kappa shape index (κ1) is 21.7. The average Bonchev–Trinajstić information content (AvgIpc) is 2.96. The van der Waals surface area contributed by atoms with Crippen LogP contribution in [0.5, 0.6) is 0 Å². The summed E-state index contributed by atoms with van der Waals surface area (Å²) in [6.07, 6.45) is 1.69. The second kappa shape index (κ2) is 11.3. The van der Waals surface area contributed by atoms with Crippen LogP contribution in [0.4, 0.5) is 0 Å². The first-order valence-corrected chi connectivity index (χ1v) is 8.96. The molecule has 0 unspecified atom stereocenters. The van der Waals surface area contributed by atoms with Crippen LogP contribution in [0.25, 0.3) is 0 Å². The fraction of sp³-hybridized carbons (Fsp3) is 0.579. The van der Waals surface area contributed by atoms with E-state index < -0.39 is 0 Å². The average molecular weight is 458 g/mol. The maximum Gasteiger partial charge on any atom is 0.222 e. The summed E-state index contributed by atoms with van der Waals surface area (Å²) in [5.74, 6) is 1.72. The molecule has 0 radical (unpaired) electrons. The summed E-state index contributed by atoms with van der Waals surface area (Å²) in [7, 11) is 0. The molecule has 25 heavy (non-hydrogen) atoms. The highest BCUT2D eigenvalue weighted by Crippen LogP contribution is 2.15. The van der Waals surface area contributed by atoms with Crippen LogP contribution in [0.2, 0.25) is 0 Å². The number of nitrogens with zero attached hydrogens (tertiary/aromatic N) is 2. The lowest BCUT2D eigenvalue weighted by Gasteiger charge is -2.15. The number of hydrogen-bond donors (Lipinski definition) is 2. The summed E-state index contributed by atoms with van der Waals surface area (Å²) in [6.45, 7) is 10.5. The van der Waals surface area contributed by atoms with Crippen LogP contribution in [0, 0.1) is 5.92 Å². The Balaban J connectivity index is 0.00000312. The van der Waals surface area contributed by atoms with E-state index in [1.54, 1.807) is 0 Å². The summed E-state index contributed by atoms with van der Waals surface area (Å²) in [5, 5.41) is 6.62. The van der Waals surface area contributed by atoms with Crippen LogP contribution in [-0.2, 0) is 17.9 Å². The van der Waals surface area contributed by atoms with Crippen LogP contribution < -0.4 is 10.6 Å². The van der Waals surface area contributed by atoms with Crippen molar-refractivity contribution in [1.82, 2.24) is 15.5 Å². The van der Waals surface area contributed by atoms with Gasteiger partial charge in [0.05, 0.1) is 6.54 Å². The Morgan fingerprint density at radius 1 is 1.20 bits per heavy atom. The number of benzene rings is 1. The molecule has 0 aromatic heterocycles. The van der Waals surface area contributed by atoms with Crippen LogP contribution in [0.1, 0.15) is 44.7 Å². The molecule has 5 nitrogen and oxygen atoms in total. The van der Waals surface area contributed by atoms with E-state index in [0.717, 1.165) is 38.6 Å². The summed E-state index contributed by atoms with van der Waals surface area (Å²) in [4.78, 5) is 18.3. The quantitative estimate of drug-likeness (QED) is 0.375. The van der Waals surface area contributed by atoms with Gasteiger partial charge in [0.2, 0.25) is 5.91 Å². The summed E-state index contributed by atoms with van der Waals surface area (Å²) >= 11 is 0. The van der Waals surface area contributed by atoms with Gasteiger partial charge in [0.25, 0.3) is 0 Å². The molecule has 1 amide bonds. The van der Waals surface area contributed by atoms with Gasteiger partial charge in [-0.05, 0) is 30.4 Å². The van der Waals surface area contributed by atoms with Crippen molar-refractivity contribution in [2.75, 3.05) is 19.6 Å². The molecule has 1 saturated heterocycles. The maximum absolute atomic E-state index is 11.7. The fourth-order valence-corrected chi connectivity index (χ4v) is 2.65. The molecule has 1 fully saturated rings. The number of amides is 1. The van der Waals surface area contributed by atoms with Crippen LogP contribution in [0.15, 0.2) is 29.3 Å². The van der Waals surface area contributed by atoms with E-state index in [1.807, 2.05) is 4.90 Å². The maximum atomic E-state index is 11.7. The number of rotatable bonds is 7. The molecular formula is C19H31IN4O. The Labute approximate surface area is 168 Å². The molecule has 140 valence electrons. The van der Waals surface area contributed by atoms with Crippen LogP contribution >= 0.6 is 24.0 Å². The van der Waals surface area contributed by atoms with Gasteiger partial charge >= 0.3 is 0 Å². The van der Waals surface area contributed by atoms with Gasteiger partial charge in [-0.1, -0.05) is 38.1 Å². The molecule has 2 rings (SSSR count). The van der Waals surface area contributed by atoms with Gasteiger partial charge in [-0.3, -0.25) is 4.79 Å². The van der Waals surface area contributed by atoms with Gasteiger partial charge in [0.15, 0.2) is 5.96 Å². The van der Waals surface area contributed by atoms with Gasteiger partial charge in [-0.15, -0.1) is 24.0 Å². The van der Waals surface area contributed by atoms with Crippen molar-refractivity contribution in [3.8, 4) is 0 Å². The van der Waals surface area contributed by atoms with E-state index in [4.69, 9.17) is 0 Å². The zero-order valence-electron chi connectivity index (χ0n) is 15.5. The number of halogens is 1. The fourth-order valence-electron chi connectivity index (χ4n) is 2.65. The topological polar surface area (TPSA) is 56.7 Å². The molecule has 0 atom stereocenters. The minimum absolute atomic E-state index is 0. The third-order valence-electron chi connectivity index (χ3n) is 4.01. The van der Waals surface area contributed by atoms with E-state index in [9.17, 15) is 4.79 Å². The van der Waals surface area contributed by atoms with Crippen molar-refractivity contribution < 1.29 is 4.79 Å². The number of nitrogens with one attached hydrogen (secondary N) is 2. The van der Waals surface area contributed by atoms with Crippen molar-refractivity contribution in [3.05, 3.63) is 35.4 Å². The molecule has 1 aromatic rings. The summed E-state index contributed by atoms with van der Waals surface area (Å²) in [5.41, 5.74) is 2.36. The Hall–Kier alpha value is -1.31. The molecule has 2 N–H and O–H groups in total. The van der Waals surface area contributed by atoms with Gasteiger partial charge in [0.1, 0.15) is 0 Å². The largest absolute Gasteiger partial charge is 0.357 e. The lowest BCUT2D eigenvalue weighted by atomic mass is 10.1. The molecule has 1 aliphatic rings. The molecule has 0 saturated carbocycles. The highest BCUT2D eigenvalue weighted by atomic mass is 127. The van der Waals surface area contributed by atoms with Gasteiger partial charge in [0, 0.05) is 32.6 Å². The second-order valence-electron chi connectivity index (χ2n) is 6.71. The first-order chi connectivity index (χ1) is 11.6. The smallest absolute Gasteiger partial charge is 0.222 e. The molecule has 0 bridgehead atoms. The van der Waals surface area contributed by atoms with Crippen molar-refractivity contribution in [3.63, 3.8) is 0 Å². The molecule has 1 aliphatic heterocycles. The van der Waals surface area contributed by atoms with Crippen molar-refractivity contribution >= 4 is 35.8 Å². The van der Waals surface area contributed by atoms with Gasteiger partial charge in [-0.25, -0.2) is 4.99 Å². The Bertz CT molecular complexity index is 557. The van der Waals surface area contributed by atoms with Gasteiger partial charge in [-0.2, -0.15) is 0 Å². The molecule has 6 heteroatoms. The van der Waals surface area contributed by atoms with E-state index in [0.29, 0.717) is 18.9 Å². The minimum Gasteiger partial charge on any atom is -0.357 e. The Morgan fingerprint density at radius 2 is 1.88 bits per heavy atom. The Kier molecular flexibility index (Phi) is 9.85. The molecule has 1 aromatic carbocycles. The summed E-state index contributed by atoms with van der Waals surface area (Å²) in [6, 6.07) is 8.41. The van der Waals surface area contributed by atoms with Crippen LogP contribution in [-0.4, -0.2) is 36.4 Å². The molecule has 0 spiro atoms. The number of guanidine groups is 1. The Morgan fingerprint density at radius 3 is 2.44 bits per heavy atom. The predicted molar refractivity (Wildman–Crippen MR) is 114 cm³/mol. The van der Waals surface area contributed by atoms with Crippen LogP contribution in [0.3, 0.4) is 0 Å². The highest BCUT2D eigenvalue weighted by Gasteiger charge is 2.19. The number of carbonyl (C=O) groups excluding carboxylic acids is 1. The predicted octanol–water partition coefficient (Wildman–Crippen LogP) is 3.14. The zero-order chi connectivity index (χ0) is 17.4. The van der Waals surface area contributed by atoms with E-state index in [1.165, 1.54) is 11.1 Å². The summed E-state index contributed by atoms with van der Waals surface area (Å²) < 4.78 is 0. The van der Waals surface area contributed by atoms with Crippen molar-refractivity contribution in [1.29, 1.82) is 0 Å². The van der Waals surface area contributed by atoms with E-state index in [-0.39, 0.29) is 29.9 Å². The lowest BCUT2D eigenvalue weighted by molar-refractivity contribution is -0.128. The third-order valence-corrected chi connectivity index (χ3v) is 4.01. The van der Waals surface area contributed by atoms with E-state index >= 15 is 0 Å². The van der Waals surface area contributed by atoms with Crippen molar-refractivity contribution in [2.45, 2.75) is 46.7 Å². The third kappa shape index (κ3) is 7.63. The minimum atomic E-state index is 0. The molecular weight excluding hydrogens is 427 g/mol. The number of likely N-dealkylation sites (tertiary alicyclic amines) is 1. The van der Waals surface area contributed by atoms with Crippen molar-refractivity contribution in [2.24, 2.45) is 10.9 Å². The lowest BCUT2D eigenvalue weighted by Crippen LogP contribution is -2.39. The molecule has 1 heterocycles. The highest BCUT2D eigenvalue weighted by molar-refractivity contribution is 14.0. The number of hydrogen-bond acceptors (Lipinski definition) is 2. The number of carbonyl (C=O) groups is 1. The zero-order valence-corrected chi connectivity index (χ0v) is 17.9. The number of aliphatic imine (C=N–C) groups is 1. The second-order valence-corrected chi connectivity index (χ2v) is 6.71. The van der Waals surface area contributed by atoms with E-state index in [2.05, 4.69) is 60.7 Å². The SMILES string of the molecule is CCNC(=NCc1ccc(CN2CCCC2=O)cc1)NCC(C)C.I. The monoisotopic (exact) mass is 458 g/mol. The first-order valence-electron chi connectivity index (χ1n) is 8.96. The molecule has 0 aliphatic carbocycles. The normalized spacial score (nSPS) is 14.6. The standard InChI is InChI=1S/C19H30N4O.HI/c1-4-20-19(21-12-15(2)3)22-13-16-7-9-17(10-8-16)14-23-11-5-6-18(23)24;/h7-10,15H,4-6,11-14H2,1-3H3,(H2,20,21,22);1H.